The van der Waals surface area contributed by atoms with Crippen LogP contribution < -0.4 is 21.9 Å². The molecule has 2 fully saturated rings. The molecule has 40 heavy (non-hydrogen) atoms. The topological polar surface area (TPSA) is 260 Å². The first-order valence-electron chi connectivity index (χ1n) is 12.0. The fourth-order valence-corrected chi connectivity index (χ4v) is 6.24. The number of nitrogen functional groups attached to an aromatic ring is 2. The van der Waals surface area contributed by atoms with Crippen LogP contribution in [0.3, 0.4) is 0 Å². The van der Waals surface area contributed by atoms with Crippen molar-refractivity contribution in [1.29, 1.82) is 0 Å². The highest BCUT2D eigenvalue weighted by Gasteiger charge is 2.40. The molecule has 7 atom stereocenters. The van der Waals surface area contributed by atoms with Gasteiger partial charge in [0, 0.05) is 12.8 Å². The summed E-state index contributed by atoms with van der Waals surface area (Å²) < 4.78 is 25.8. The first-order valence-corrected chi connectivity index (χ1v) is 14.6. The van der Waals surface area contributed by atoms with Gasteiger partial charge in [-0.05, 0) is 0 Å². The second-order valence-electron chi connectivity index (χ2n) is 9.22. The molecule has 0 amide bonds. The van der Waals surface area contributed by atoms with Crippen LogP contribution in [-0.4, -0.2) is 86.9 Å². The standard InChI is InChI=1S/C20H25N10O8PS/c21-16-14-17(24-5-23-16)29(6-25-14)13-2-9(10(3-31)36-13)38-39(34,40)35-4-11-8(32)1-12(37-11)30-7-26-15-18(30)27-20(22)28-19(15)33/h5-13,31-32H,1-4H2,(H,34,40)(H2,21,23,24)(H3,22,27,28,33)/p-1/t8-,9-,10+,11+,12+,13+,39?/m0/s1. The molecule has 6 heterocycles. The molecular weight excluding hydrogens is 571 g/mol. The Balaban J connectivity index is 1.10. The number of H-pyrrole nitrogens is 1. The summed E-state index contributed by atoms with van der Waals surface area (Å²) in [6.45, 7) is -4.92. The zero-order valence-corrected chi connectivity index (χ0v) is 22.2. The summed E-state index contributed by atoms with van der Waals surface area (Å²) in [4.78, 5) is 47.9. The van der Waals surface area contributed by atoms with E-state index in [9.17, 15) is 19.9 Å². The van der Waals surface area contributed by atoms with Crippen molar-refractivity contribution in [3.8, 4) is 0 Å². The Kier molecular flexibility index (Phi) is 7.01. The van der Waals surface area contributed by atoms with Gasteiger partial charge in [-0.15, -0.1) is 0 Å². The number of nitrogens with two attached hydrogens (primary N) is 2. The lowest BCUT2D eigenvalue weighted by Gasteiger charge is -2.32. The average molecular weight is 596 g/mol. The number of anilines is 2. The molecule has 4 aromatic heterocycles. The van der Waals surface area contributed by atoms with Gasteiger partial charge < -0.3 is 45.1 Å². The van der Waals surface area contributed by atoms with Crippen LogP contribution in [-0.2, 0) is 30.3 Å². The molecule has 2 saturated heterocycles. The highest BCUT2D eigenvalue weighted by molar-refractivity contribution is 8.06. The number of rotatable bonds is 8. The van der Waals surface area contributed by atoms with Gasteiger partial charge in [0.1, 0.15) is 43.2 Å². The molecule has 6 rings (SSSR count). The molecule has 4 aromatic rings. The molecular formula is C20H24N10O8PS-. The number of nitrogens with zero attached hydrogens (tertiary/aromatic N) is 7. The van der Waals surface area contributed by atoms with Gasteiger partial charge in [0.25, 0.3) is 5.56 Å². The molecule has 0 aliphatic carbocycles. The zero-order chi connectivity index (χ0) is 28.2. The fraction of sp³-hybridized carbons (Fsp3) is 0.500. The lowest BCUT2D eigenvalue weighted by atomic mass is 10.2. The smallest absolute Gasteiger partial charge is 0.280 e. The van der Waals surface area contributed by atoms with E-state index in [-0.39, 0.29) is 42.4 Å². The Labute approximate surface area is 229 Å². The van der Waals surface area contributed by atoms with Crippen molar-refractivity contribution in [1.82, 2.24) is 39.0 Å². The largest absolute Gasteiger partial charge is 0.780 e. The van der Waals surface area contributed by atoms with Crippen molar-refractivity contribution in [3.05, 3.63) is 29.3 Å². The molecule has 0 saturated carbocycles. The van der Waals surface area contributed by atoms with Crippen LogP contribution in [0, 0.1) is 0 Å². The van der Waals surface area contributed by atoms with Gasteiger partial charge in [-0.2, -0.15) is 4.98 Å². The molecule has 2 aliphatic heterocycles. The summed E-state index contributed by atoms with van der Waals surface area (Å²) in [5, 5.41) is 20.4. The van der Waals surface area contributed by atoms with Crippen LogP contribution in [0.2, 0.25) is 0 Å². The minimum atomic E-state index is -4.13. The number of aromatic nitrogens is 8. The van der Waals surface area contributed by atoms with Gasteiger partial charge >= 0.3 is 0 Å². The third kappa shape index (κ3) is 4.95. The summed E-state index contributed by atoms with van der Waals surface area (Å²) in [6.07, 6.45) is -0.750. The molecule has 0 spiro atoms. The third-order valence-electron chi connectivity index (χ3n) is 6.68. The van der Waals surface area contributed by atoms with E-state index in [1.165, 1.54) is 23.5 Å². The van der Waals surface area contributed by atoms with E-state index in [1.54, 1.807) is 4.57 Å². The van der Waals surface area contributed by atoms with E-state index in [0.29, 0.717) is 11.2 Å². The lowest BCUT2D eigenvalue weighted by molar-refractivity contribution is -0.215. The summed E-state index contributed by atoms with van der Waals surface area (Å²) in [5.41, 5.74) is 12.0. The van der Waals surface area contributed by atoms with Crippen molar-refractivity contribution in [2.45, 2.75) is 49.7 Å². The minimum absolute atomic E-state index is 0.0607. The maximum Gasteiger partial charge on any atom is 0.280 e. The number of ether oxygens (including phenoxy) is 2. The monoisotopic (exact) mass is 595 g/mol. The average Bonchev–Trinajstić information content (AvgIpc) is 3.67. The summed E-state index contributed by atoms with van der Waals surface area (Å²) >= 11 is 5.09. The second kappa shape index (κ2) is 10.4. The van der Waals surface area contributed by atoms with Crippen molar-refractivity contribution in [2.24, 2.45) is 0 Å². The van der Waals surface area contributed by atoms with Crippen molar-refractivity contribution >= 4 is 52.6 Å². The molecule has 7 N–H and O–H groups in total. The van der Waals surface area contributed by atoms with Crippen LogP contribution in [0.1, 0.15) is 25.3 Å². The van der Waals surface area contributed by atoms with E-state index in [1.807, 2.05) is 0 Å². The van der Waals surface area contributed by atoms with Gasteiger partial charge in [-0.3, -0.25) is 18.9 Å². The Hall–Kier alpha value is -3.13. The fourth-order valence-electron chi connectivity index (χ4n) is 4.78. The number of fused-ring (bicyclic) bond motifs is 2. The predicted octanol–water partition coefficient (Wildman–Crippen LogP) is -1.96. The molecule has 214 valence electrons. The van der Waals surface area contributed by atoms with Gasteiger partial charge in [-0.1, -0.05) is 11.8 Å². The minimum Gasteiger partial charge on any atom is -0.780 e. The number of aliphatic hydroxyl groups excluding tert-OH is 2. The Morgan fingerprint density at radius 3 is 2.58 bits per heavy atom. The van der Waals surface area contributed by atoms with E-state index >= 15 is 0 Å². The number of aromatic amines is 1. The van der Waals surface area contributed by atoms with E-state index < -0.39 is 55.8 Å². The number of imidazole rings is 2. The van der Waals surface area contributed by atoms with Crippen LogP contribution in [0.15, 0.2) is 23.8 Å². The van der Waals surface area contributed by atoms with E-state index in [2.05, 4.69) is 29.9 Å². The maximum atomic E-state index is 13.1. The Morgan fingerprint density at radius 1 is 1.10 bits per heavy atom. The molecule has 1 unspecified atom stereocenters. The predicted molar refractivity (Wildman–Crippen MR) is 138 cm³/mol. The number of nitrogens with one attached hydrogen (secondary N) is 1. The van der Waals surface area contributed by atoms with Gasteiger partial charge in [0.05, 0.1) is 38.1 Å². The SMILES string of the molecule is Nc1nc2c(ncn2[C@H]2C[C@H](O)[C@@H](COP([O-])(=S)O[C@H]3C[C@H](n4cnc5c(N)ncnc54)O[C@@H]3CO)O2)c(=O)[nH]1. The van der Waals surface area contributed by atoms with Gasteiger partial charge in [-0.25, -0.2) is 19.9 Å². The van der Waals surface area contributed by atoms with Crippen molar-refractivity contribution in [3.63, 3.8) is 0 Å². The Bertz CT molecular complexity index is 1660. The third-order valence-corrected chi connectivity index (χ3v) is 8.25. The van der Waals surface area contributed by atoms with E-state index in [0.717, 1.165) is 0 Å². The van der Waals surface area contributed by atoms with Crippen molar-refractivity contribution in [2.75, 3.05) is 24.7 Å². The molecule has 0 aromatic carbocycles. The molecule has 2 aliphatic rings. The second-order valence-corrected chi connectivity index (χ2v) is 11.9. The number of hydrogen-bond donors (Lipinski definition) is 5. The zero-order valence-electron chi connectivity index (χ0n) is 20.5. The molecule has 0 bridgehead atoms. The normalized spacial score (nSPS) is 28.5. The molecule has 18 nitrogen and oxygen atoms in total. The highest BCUT2D eigenvalue weighted by Crippen LogP contribution is 2.46. The van der Waals surface area contributed by atoms with Gasteiger partial charge in [0.15, 0.2) is 22.6 Å². The Morgan fingerprint density at radius 2 is 1.80 bits per heavy atom. The maximum absolute atomic E-state index is 13.1. The number of hydrogen-bond acceptors (Lipinski definition) is 16. The summed E-state index contributed by atoms with van der Waals surface area (Å²) in [7, 11) is 0. The molecule has 0 radical (unpaired) electrons. The van der Waals surface area contributed by atoms with Gasteiger partial charge in [0.2, 0.25) is 5.95 Å². The number of aliphatic hydroxyl groups is 2. The van der Waals surface area contributed by atoms with Crippen LogP contribution in [0.5, 0.6) is 0 Å². The quantitative estimate of drug-likeness (QED) is 0.138. The van der Waals surface area contributed by atoms with Crippen LogP contribution in [0.4, 0.5) is 11.8 Å². The summed E-state index contributed by atoms with van der Waals surface area (Å²) in [5.74, 6) is 0.102. The van der Waals surface area contributed by atoms with E-state index in [4.69, 9.17) is 41.8 Å². The first kappa shape index (κ1) is 27.1. The van der Waals surface area contributed by atoms with Crippen LogP contribution >= 0.6 is 6.72 Å². The first-order chi connectivity index (χ1) is 19.1. The molecule has 20 heteroatoms. The highest BCUT2D eigenvalue weighted by atomic mass is 32.5. The van der Waals surface area contributed by atoms with Crippen LogP contribution in [0.25, 0.3) is 22.3 Å². The summed E-state index contributed by atoms with van der Waals surface area (Å²) in [6, 6.07) is 0. The lowest BCUT2D eigenvalue weighted by Crippen LogP contribution is -2.31. The van der Waals surface area contributed by atoms with Crippen molar-refractivity contribution < 1.29 is 33.6 Å².